The van der Waals surface area contributed by atoms with Crippen LogP contribution in [-0.2, 0) is 28.6 Å². The molecule has 0 fully saturated rings. The molecule has 0 heterocycles. The Labute approximate surface area is 126 Å². The van der Waals surface area contributed by atoms with Gasteiger partial charge in [0.05, 0.1) is 38.1 Å². The second-order valence-corrected chi connectivity index (χ2v) is 6.23. The topological polar surface area (TPSA) is 78.9 Å². The van der Waals surface area contributed by atoms with E-state index in [1.54, 1.807) is 27.7 Å². The minimum absolute atomic E-state index is 0.209. The lowest BCUT2D eigenvalue weighted by Gasteiger charge is -2.34. The zero-order chi connectivity index (χ0) is 16.8. The molecule has 0 aliphatic rings. The van der Waals surface area contributed by atoms with Crippen molar-refractivity contribution in [2.24, 2.45) is 16.7 Å². The van der Waals surface area contributed by atoms with E-state index in [0.29, 0.717) is 0 Å². The Hall–Kier alpha value is -1.59. The van der Waals surface area contributed by atoms with E-state index in [2.05, 4.69) is 4.74 Å². The van der Waals surface area contributed by atoms with Gasteiger partial charge < -0.3 is 14.2 Å². The van der Waals surface area contributed by atoms with Crippen molar-refractivity contribution in [2.75, 3.05) is 21.3 Å². The van der Waals surface area contributed by atoms with Gasteiger partial charge >= 0.3 is 17.9 Å². The summed E-state index contributed by atoms with van der Waals surface area (Å²) in [5.74, 6) is -1.76. The number of ether oxygens (including phenoxy) is 3. The molecule has 0 amide bonds. The van der Waals surface area contributed by atoms with E-state index < -0.39 is 34.7 Å². The Morgan fingerprint density at radius 1 is 0.905 bits per heavy atom. The summed E-state index contributed by atoms with van der Waals surface area (Å²) in [7, 11) is 3.89. The van der Waals surface area contributed by atoms with Gasteiger partial charge in [0.1, 0.15) is 0 Å². The monoisotopic (exact) mass is 302 g/mol. The van der Waals surface area contributed by atoms with Gasteiger partial charge in [0.15, 0.2) is 0 Å². The maximum absolute atomic E-state index is 12.1. The third kappa shape index (κ3) is 5.02. The van der Waals surface area contributed by atoms with Crippen LogP contribution in [-0.4, -0.2) is 39.2 Å². The predicted molar refractivity (Wildman–Crippen MR) is 76.3 cm³/mol. The number of carbonyl (C=O) groups is 3. The summed E-state index contributed by atoms with van der Waals surface area (Å²) >= 11 is 0. The van der Waals surface area contributed by atoms with Gasteiger partial charge in [-0.25, -0.2) is 0 Å². The van der Waals surface area contributed by atoms with Gasteiger partial charge in [-0.05, 0) is 33.6 Å². The number of esters is 3. The standard InChI is InChI=1S/C15H26O6/c1-10(11(16)19-5)8-15(4,13(18)21-7)9-14(2,3)12(17)20-6/h10H,8-9H2,1-7H3. The van der Waals surface area contributed by atoms with Crippen LogP contribution >= 0.6 is 0 Å². The number of hydrogen-bond donors (Lipinski definition) is 0. The first-order valence-electron chi connectivity index (χ1n) is 6.78. The first-order chi connectivity index (χ1) is 9.54. The number of rotatable bonds is 7. The Morgan fingerprint density at radius 3 is 1.76 bits per heavy atom. The van der Waals surface area contributed by atoms with Crippen LogP contribution in [0.4, 0.5) is 0 Å². The minimum Gasteiger partial charge on any atom is -0.469 e. The number of carbonyl (C=O) groups excluding carboxylic acids is 3. The second kappa shape index (κ2) is 7.43. The molecule has 0 radical (unpaired) electrons. The van der Waals surface area contributed by atoms with Crippen LogP contribution in [0.1, 0.15) is 40.5 Å². The Kier molecular flexibility index (Phi) is 6.86. The highest BCUT2D eigenvalue weighted by Crippen LogP contribution is 2.40. The maximum Gasteiger partial charge on any atom is 0.311 e. The van der Waals surface area contributed by atoms with E-state index in [1.807, 2.05) is 0 Å². The van der Waals surface area contributed by atoms with Gasteiger partial charge in [-0.2, -0.15) is 0 Å². The minimum atomic E-state index is -0.986. The van der Waals surface area contributed by atoms with Gasteiger partial charge in [-0.1, -0.05) is 6.92 Å². The molecule has 0 aliphatic heterocycles. The Morgan fingerprint density at radius 2 is 1.38 bits per heavy atom. The molecule has 0 aromatic heterocycles. The van der Waals surface area contributed by atoms with Crippen molar-refractivity contribution < 1.29 is 28.6 Å². The van der Waals surface area contributed by atoms with Crippen molar-refractivity contribution in [1.82, 2.24) is 0 Å². The molecule has 6 nitrogen and oxygen atoms in total. The highest BCUT2D eigenvalue weighted by Gasteiger charge is 2.45. The first-order valence-corrected chi connectivity index (χ1v) is 6.78. The smallest absolute Gasteiger partial charge is 0.311 e. The van der Waals surface area contributed by atoms with Crippen LogP contribution in [0.5, 0.6) is 0 Å². The molecule has 0 bridgehead atoms. The lowest BCUT2D eigenvalue weighted by molar-refractivity contribution is -0.161. The highest BCUT2D eigenvalue weighted by molar-refractivity contribution is 5.81. The molecule has 2 atom stereocenters. The SMILES string of the molecule is COC(=O)C(C)CC(C)(CC(C)(C)C(=O)OC)C(=O)OC. The van der Waals surface area contributed by atoms with Gasteiger partial charge in [0.2, 0.25) is 0 Å². The maximum atomic E-state index is 12.1. The van der Waals surface area contributed by atoms with Crippen LogP contribution in [0.15, 0.2) is 0 Å². The van der Waals surface area contributed by atoms with Crippen molar-refractivity contribution in [3.05, 3.63) is 0 Å². The van der Waals surface area contributed by atoms with Crippen LogP contribution in [0, 0.1) is 16.7 Å². The zero-order valence-electron chi connectivity index (χ0n) is 13.9. The average molecular weight is 302 g/mol. The van der Waals surface area contributed by atoms with Gasteiger partial charge in [-0.15, -0.1) is 0 Å². The average Bonchev–Trinajstić information content (AvgIpc) is 2.43. The third-order valence-electron chi connectivity index (χ3n) is 3.61. The third-order valence-corrected chi connectivity index (χ3v) is 3.61. The molecule has 21 heavy (non-hydrogen) atoms. The first kappa shape index (κ1) is 19.4. The summed E-state index contributed by atoms with van der Waals surface area (Å²) in [6.45, 7) is 6.76. The normalized spacial score (nSPS) is 15.6. The largest absolute Gasteiger partial charge is 0.469 e. The molecule has 0 spiro atoms. The summed E-state index contributed by atoms with van der Waals surface area (Å²) < 4.78 is 14.3. The fourth-order valence-corrected chi connectivity index (χ4v) is 2.76. The molecule has 0 aromatic rings. The molecule has 122 valence electrons. The van der Waals surface area contributed by atoms with Gasteiger partial charge in [0, 0.05) is 0 Å². The van der Waals surface area contributed by atoms with E-state index in [0.717, 1.165) is 0 Å². The summed E-state index contributed by atoms with van der Waals surface area (Å²) in [5.41, 5.74) is -1.85. The van der Waals surface area contributed by atoms with Gasteiger partial charge in [-0.3, -0.25) is 14.4 Å². The van der Waals surface area contributed by atoms with E-state index in [4.69, 9.17) is 9.47 Å². The summed E-state index contributed by atoms with van der Waals surface area (Å²) in [6, 6.07) is 0. The van der Waals surface area contributed by atoms with Crippen LogP contribution in [0.2, 0.25) is 0 Å². The molecule has 0 aromatic carbocycles. The lowest BCUT2D eigenvalue weighted by atomic mass is 9.70. The number of methoxy groups -OCH3 is 3. The predicted octanol–water partition coefficient (Wildman–Crippen LogP) is 1.95. The molecule has 0 aliphatic carbocycles. The van der Waals surface area contributed by atoms with Crippen molar-refractivity contribution in [1.29, 1.82) is 0 Å². The molecule has 6 heteroatoms. The molecule has 0 rings (SSSR count). The highest BCUT2D eigenvalue weighted by atomic mass is 16.5. The van der Waals surface area contributed by atoms with Crippen LogP contribution in [0.25, 0.3) is 0 Å². The Bertz CT molecular complexity index is 401. The molecule has 0 saturated heterocycles. The molecular weight excluding hydrogens is 276 g/mol. The van der Waals surface area contributed by atoms with Crippen molar-refractivity contribution in [3.8, 4) is 0 Å². The fraction of sp³-hybridized carbons (Fsp3) is 0.800. The molecule has 0 N–H and O–H groups in total. The van der Waals surface area contributed by atoms with Crippen LogP contribution < -0.4 is 0 Å². The van der Waals surface area contributed by atoms with E-state index in [1.165, 1.54) is 21.3 Å². The van der Waals surface area contributed by atoms with Crippen LogP contribution in [0.3, 0.4) is 0 Å². The van der Waals surface area contributed by atoms with Gasteiger partial charge in [0.25, 0.3) is 0 Å². The zero-order valence-corrected chi connectivity index (χ0v) is 13.9. The summed E-state index contributed by atoms with van der Waals surface area (Å²) in [4.78, 5) is 35.6. The van der Waals surface area contributed by atoms with E-state index >= 15 is 0 Å². The fourth-order valence-electron chi connectivity index (χ4n) is 2.76. The molecule has 0 saturated carbocycles. The van der Waals surface area contributed by atoms with E-state index in [-0.39, 0.29) is 12.8 Å². The quantitative estimate of drug-likeness (QED) is 0.528. The summed E-state index contributed by atoms with van der Waals surface area (Å²) in [5, 5.41) is 0. The van der Waals surface area contributed by atoms with E-state index in [9.17, 15) is 14.4 Å². The molecular formula is C15H26O6. The van der Waals surface area contributed by atoms with Crippen molar-refractivity contribution >= 4 is 17.9 Å². The molecule has 2 unspecified atom stereocenters. The number of hydrogen-bond acceptors (Lipinski definition) is 6. The Balaban J connectivity index is 5.32. The lowest BCUT2D eigenvalue weighted by Crippen LogP contribution is -2.40. The second-order valence-electron chi connectivity index (χ2n) is 6.23. The van der Waals surface area contributed by atoms with Crippen molar-refractivity contribution in [3.63, 3.8) is 0 Å². The van der Waals surface area contributed by atoms with Crippen molar-refractivity contribution in [2.45, 2.75) is 40.5 Å². The summed E-state index contributed by atoms with van der Waals surface area (Å²) in [6.07, 6.45) is 0.438.